The third kappa shape index (κ3) is 7.92. The number of halogens is 2. The van der Waals surface area contributed by atoms with E-state index in [9.17, 15) is 14.0 Å². The molecule has 2 heterocycles. The maximum Gasteiger partial charge on any atom is 0.322 e. The lowest BCUT2D eigenvalue weighted by molar-refractivity contribution is 0.0905. The third-order valence-corrected chi connectivity index (χ3v) is 8.48. The van der Waals surface area contributed by atoms with Crippen LogP contribution in [0.4, 0.5) is 14.9 Å². The van der Waals surface area contributed by atoms with Gasteiger partial charge in [0.05, 0.1) is 11.3 Å². The number of amides is 3. The van der Waals surface area contributed by atoms with Gasteiger partial charge in [0, 0.05) is 44.0 Å². The van der Waals surface area contributed by atoms with E-state index in [2.05, 4.69) is 27.4 Å². The number of benzene rings is 1. The molecule has 2 aliphatic rings. The molecule has 2 aromatic rings. The van der Waals surface area contributed by atoms with Gasteiger partial charge >= 0.3 is 6.03 Å². The summed E-state index contributed by atoms with van der Waals surface area (Å²) in [6, 6.07) is 8.07. The van der Waals surface area contributed by atoms with Gasteiger partial charge in [-0.15, -0.1) is 0 Å². The van der Waals surface area contributed by atoms with Gasteiger partial charge in [-0.3, -0.25) is 4.79 Å². The number of nitrogens with zero attached hydrogens (tertiary/aromatic N) is 3. The van der Waals surface area contributed by atoms with E-state index >= 15 is 0 Å². The van der Waals surface area contributed by atoms with Gasteiger partial charge in [-0.25, -0.2) is 14.2 Å². The fourth-order valence-electron chi connectivity index (χ4n) is 6.03. The molecule has 4 rings (SSSR count). The van der Waals surface area contributed by atoms with Crippen LogP contribution in [0.1, 0.15) is 73.5 Å². The Bertz CT molecular complexity index is 1110. The standard InChI is InChI=1S/C30H41ClFN5O2/c1-20-18-27(31)34-22(3)28(20)29(38)33-15-12-21(2)36-16-13-26(14-17-36)37(19-23-6-4-5-7-23)30(39)35-25-10-8-24(32)9-11-25/h8-11,18,21,23,26H,4-7,12-17,19H2,1-3H3,(H,33,38)(H,35,39). The third-order valence-electron chi connectivity index (χ3n) is 8.29. The second-order valence-electron chi connectivity index (χ2n) is 11.1. The first-order valence-electron chi connectivity index (χ1n) is 14.2. The van der Waals surface area contributed by atoms with E-state index in [0.717, 1.165) is 44.5 Å². The first-order chi connectivity index (χ1) is 18.7. The zero-order valence-corrected chi connectivity index (χ0v) is 24.1. The number of nitrogens with one attached hydrogen (secondary N) is 2. The van der Waals surface area contributed by atoms with Gasteiger partial charge in [-0.1, -0.05) is 24.4 Å². The highest BCUT2D eigenvalue weighted by Crippen LogP contribution is 2.29. The molecule has 1 saturated heterocycles. The number of aromatic nitrogens is 1. The topological polar surface area (TPSA) is 77.6 Å². The SMILES string of the molecule is Cc1cc(Cl)nc(C)c1C(=O)NCCC(C)N1CCC(N(CC2CCCC2)C(=O)Nc2ccc(F)cc2)CC1. The van der Waals surface area contributed by atoms with Crippen molar-refractivity contribution in [3.05, 3.63) is 58.1 Å². The number of pyridine rings is 1. The number of piperidine rings is 1. The molecule has 212 valence electrons. The van der Waals surface area contributed by atoms with Crippen LogP contribution in [-0.4, -0.2) is 65.0 Å². The molecule has 3 amide bonds. The Hall–Kier alpha value is -2.71. The number of carbonyl (C=O) groups is 2. The van der Waals surface area contributed by atoms with E-state index in [4.69, 9.17) is 11.6 Å². The van der Waals surface area contributed by atoms with Gasteiger partial charge in [0.25, 0.3) is 5.91 Å². The van der Waals surface area contributed by atoms with Crippen LogP contribution in [0.15, 0.2) is 30.3 Å². The summed E-state index contributed by atoms with van der Waals surface area (Å²) in [4.78, 5) is 34.8. The second kappa shape index (κ2) is 13.6. The van der Waals surface area contributed by atoms with Crippen LogP contribution in [0.25, 0.3) is 0 Å². The molecule has 39 heavy (non-hydrogen) atoms. The summed E-state index contributed by atoms with van der Waals surface area (Å²) in [5.74, 6) is 0.117. The minimum Gasteiger partial charge on any atom is -0.352 e. The number of rotatable bonds is 9. The van der Waals surface area contributed by atoms with Crippen LogP contribution in [-0.2, 0) is 0 Å². The molecule has 1 saturated carbocycles. The Kier molecular flexibility index (Phi) is 10.2. The normalized spacial score (nSPS) is 17.7. The molecule has 0 spiro atoms. The van der Waals surface area contributed by atoms with Crippen LogP contribution in [0.2, 0.25) is 5.15 Å². The van der Waals surface area contributed by atoms with Crippen molar-refractivity contribution in [3.63, 3.8) is 0 Å². The number of anilines is 1. The van der Waals surface area contributed by atoms with E-state index in [1.165, 1.54) is 37.8 Å². The summed E-state index contributed by atoms with van der Waals surface area (Å²) in [5.41, 5.74) is 2.67. The molecular formula is C30H41ClFN5O2. The van der Waals surface area contributed by atoms with Crippen molar-refractivity contribution in [2.24, 2.45) is 5.92 Å². The summed E-state index contributed by atoms with van der Waals surface area (Å²) in [5, 5.41) is 6.43. The summed E-state index contributed by atoms with van der Waals surface area (Å²) in [6.45, 7) is 9.04. The van der Waals surface area contributed by atoms with Gasteiger partial charge in [-0.2, -0.15) is 0 Å². The maximum absolute atomic E-state index is 13.3. The van der Waals surface area contributed by atoms with Crippen LogP contribution in [0.3, 0.4) is 0 Å². The van der Waals surface area contributed by atoms with Gasteiger partial charge in [0.15, 0.2) is 0 Å². The highest BCUT2D eigenvalue weighted by Gasteiger charge is 2.32. The highest BCUT2D eigenvalue weighted by atomic mass is 35.5. The number of carbonyl (C=O) groups excluding carboxylic acids is 2. The molecule has 2 N–H and O–H groups in total. The summed E-state index contributed by atoms with van der Waals surface area (Å²) < 4.78 is 13.3. The first kappa shape index (κ1) is 29.3. The monoisotopic (exact) mass is 557 g/mol. The molecule has 1 atom stereocenters. The largest absolute Gasteiger partial charge is 0.352 e. The zero-order chi connectivity index (χ0) is 27.9. The Morgan fingerprint density at radius 1 is 1.13 bits per heavy atom. The highest BCUT2D eigenvalue weighted by molar-refractivity contribution is 6.29. The molecule has 1 aromatic carbocycles. The molecule has 2 fully saturated rings. The summed E-state index contributed by atoms with van der Waals surface area (Å²) in [6.07, 6.45) is 7.48. The quantitative estimate of drug-likeness (QED) is 0.360. The molecule has 7 nitrogen and oxygen atoms in total. The number of hydrogen-bond donors (Lipinski definition) is 2. The van der Waals surface area contributed by atoms with Crippen molar-refractivity contribution >= 4 is 29.2 Å². The van der Waals surface area contributed by atoms with Gasteiger partial charge in [-0.05, 0) is 94.7 Å². The van der Waals surface area contributed by atoms with E-state index in [1.54, 1.807) is 25.1 Å². The minimum absolute atomic E-state index is 0.0926. The number of aryl methyl sites for hydroxylation is 2. The van der Waals surface area contributed by atoms with Gasteiger partial charge in [0.1, 0.15) is 11.0 Å². The van der Waals surface area contributed by atoms with Crippen molar-refractivity contribution in [1.29, 1.82) is 0 Å². The first-order valence-corrected chi connectivity index (χ1v) is 14.6. The predicted octanol–water partition coefficient (Wildman–Crippen LogP) is 6.19. The van der Waals surface area contributed by atoms with Crippen LogP contribution < -0.4 is 10.6 Å². The lowest BCUT2D eigenvalue weighted by Crippen LogP contribution is -2.51. The molecule has 9 heteroatoms. The van der Waals surface area contributed by atoms with E-state index < -0.39 is 0 Å². The lowest BCUT2D eigenvalue weighted by atomic mass is 9.99. The Labute approximate surface area is 236 Å². The predicted molar refractivity (Wildman–Crippen MR) is 154 cm³/mol. The fraction of sp³-hybridized carbons (Fsp3) is 0.567. The van der Waals surface area contributed by atoms with Crippen LogP contribution >= 0.6 is 11.6 Å². The number of hydrogen-bond acceptors (Lipinski definition) is 4. The summed E-state index contributed by atoms with van der Waals surface area (Å²) >= 11 is 6.00. The maximum atomic E-state index is 13.3. The smallest absolute Gasteiger partial charge is 0.322 e. The molecule has 1 aromatic heterocycles. The van der Waals surface area contributed by atoms with Crippen LogP contribution in [0.5, 0.6) is 0 Å². The fourth-order valence-corrected chi connectivity index (χ4v) is 6.32. The number of urea groups is 1. The van der Waals surface area contributed by atoms with E-state index in [-0.39, 0.29) is 23.8 Å². The molecule has 1 aliphatic carbocycles. The van der Waals surface area contributed by atoms with Crippen LogP contribution in [0, 0.1) is 25.6 Å². The molecule has 1 unspecified atom stereocenters. The Morgan fingerprint density at radius 3 is 2.44 bits per heavy atom. The minimum atomic E-state index is -0.316. The van der Waals surface area contributed by atoms with Crippen molar-refractivity contribution in [1.82, 2.24) is 20.1 Å². The molecule has 0 bridgehead atoms. The average molecular weight is 558 g/mol. The average Bonchev–Trinajstić information content (AvgIpc) is 3.41. The van der Waals surface area contributed by atoms with Crippen molar-refractivity contribution < 1.29 is 14.0 Å². The van der Waals surface area contributed by atoms with Gasteiger partial charge < -0.3 is 20.4 Å². The number of likely N-dealkylation sites (tertiary alicyclic amines) is 1. The van der Waals surface area contributed by atoms with Crippen molar-refractivity contribution in [2.45, 2.75) is 77.8 Å². The Balaban J connectivity index is 1.28. The Morgan fingerprint density at radius 2 is 1.79 bits per heavy atom. The molecule has 1 aliphatic heterocycles. The van der Waals surface area contributed by atoms with E-state index in [1.807, 2.05) is 11.8 Å². The zero-order valence-electron chi connectivity index (χ0n) is 23.3. The summed E-state index contributed by atoms with van der Waals surface area (Å²) in [7, 11) is 0. The van der Waals surface area contributed by atoms with Crippen molar-refractivity contribution in [3.8, 4) is 0 Å². The van der Waals surface area contributed by atoms with Gasteiger partial charge in [0.2, 0.25) is 0 Å². The molecule has 0 radical (unpaired) electrons. The lowest BCUT2D eigenvalue weighted by Gasteiger charge is -2.41. The molecular weight excluding hydrogens is 517 g/mol. The second-order valence-corrected chi connectivity index (χ2v) is 11.5. The van der Waals surface area contributed by atoms with E-state index in [0.29, 0.717) is 40.6 Å². The van der Waals surface area contributed by atoms with Crippen molar-refractivity contribution in [2.75, 3.05) is 31.5 Å².